The Morgan fingerprint density at radius 1 is 1.44 bits per heavy atom. The van der Waals surface area contributed by atoms with Crippen molar-refractivity contribution in [3.05, 3.63) is 29.8 Å². The quantitative estimate of drug-likeness (QED) is 0.716. The van der Waals surface area contributed by atoms with Crippen molar-refractivity contribution in [1.82, 2.24) is 0 Å². The van der Waals surface area contributed by atoms with Crippen LogP contribution in [0.4, 0.5) is 10.1 Å². The number of para-hydroxylation sites is 1. The third kappa shape index (κ3) is 2.23. The van der Waals surface area contributed by atoms with Crippen molar-refractivity contribution >= 4 is 12.0 Å². The molecule has 3 heteroatoms. The molecule has 1 fully saturated rings. The monoisotopic (exact) mass is 221 g/mol. The third-order valence-electron chi connectivity index (χ3n) is 3.05. The van der Waals surface area contributed by atoms with E-state index in [9.17, 15) is 9.18 Å². The van der Waals surface area contributed by atoms with Crippen LogP contribution in [-0.2, 0) is 0 Å². The molecule has 0 aromatic heterocycles. The van der Waals surface area contributed by atoms with Gasteiger partial charge in [-0.2, -0.15) is 0 Å². The summed E-state index contributed by atoms with van der Waals surface area (Å²) >= 11 is 0. The van der Waals surface area contributed by atoms with Crippen LogP contribution < -0.4 is 4.90 Å². The van der Waals surface area contributed by atoms with E-state index < -0.39 is 5.67 Å². The number of piperidine rings is 1. The minimum absolute atomic E-state index is 0.373. The number of carbonyl (C=O) groups excluding carboxylic acids is 1. The van der Waals surface area contributed by atoms with Crippen molar-refractivity contribution in [3.8, 4) is 0 Å². The summed E-state index contributed by atoms with van der Waals surface area (Å²) in [5, 5.41) is 0. The second-order valence-electron chi connectivity index (χ2n) is 4.62. The summed E-state index contributed by atoms with van der Waals surface area (Å²) in [5.74, 6) is 0. The van der Waals surface area contributed by atoms with Crippen LogP contribution >= 0.6 is 0 Å². The highest BCUT2D eigenvalue weighted by Crippen LogP contribution is 2.29. The molecule has 0 aliphatic carbocycles. The first-order valence-corrected chi connectivity index (χ1v) is 5.60. The zero-order valence-electron chi connectivity index (χ0n) is 9.45. The zero-order valence-corrected chi connectivity index (χ0v) is 9.45. The lowest BCUT2D eigenvalue weighted by molar-refractivity contribution is 0.112. The largest absolute Gasteiger partial charge is 0.368 e. The second-order valence-corrected chi connectivity index (χ2v) is 4.62. The first-order chi connectivity index (χ1) is 7.62. The molecule has 0 N–H and O–H groups in total. The molecule has 0 radical (unpaired) electrons. The van der Waals surface area contributed by atoms with Crippen molar-refractivity contribution in [3.63, 3.8) is 0 Å². The summed E-state index contributed by atoms with van der Waals surface area (Å²) in [6.07, 6.45) is 2.27. The Balaban J connectivity index is 2.26. The number of nitrogens with zero attached hydrogens (tertiary/aromatic N) is 1. The molecule has 0 amide bonds. The number of halogens is 1. The molecule has 86 valence electrons. The van der Waals surface area contributed by atoms with Crippen molar-refractivity contribution in [2.24, 2.45) is 0 Å². The molecule has 0 spiro atoms. The van der Waals surface area contributed by atoms with Gasteiger partial charge in [0.05, 0.1) is 6.54 Å². The standard InChI is InChI=1S/C13H16FNO/c1-13(14)7-4-8-15(10-13)12-6-3-2-5-11(12)9-16/h2-3,5-6,9H,4,7-8,10H2,1H3. The zero-order chi connectivity index (χ0) is 11.6. The maximum Gasteiger partial charge on any atom is 0.152 e. The Morgan fingerprint density at radius 3 is 2.88 bits per heavy atom. The molecule has 1 aromatic carbocycles. The van der Waals surface area contributed by atoms with Gasteiger partial charge in [0.2, 0.25) is 0 Å². The fourth-order valence-electron chi connectivity index (χ4n) is 2.28. The Labute approximate surface area is 95.1 Å². The maximum atomic E-state index is 13.9. The average Bonchev–Trinajstić information content (AvgIpc) is 2.27. The van der Waals surface area contributed by atoms with E-state index in [0.717, 1.165) is 24.9 Å². The van der Waals surface area contributed by atoms with Gasteiger partial charge in [-0.25, -0.2) is 4.39 Å². The smallest absolute Gasteiger partial charge is 0.152 e. The van der Waals surface area contributed by atoms with Crippen LogP contribution in [0.15, 0.2) is 24.3 Å². The maximum absolute atomic E-state index is 13.9. The normalized spacial score (nSPS) is 25.5. The molecule has 1 heterocycles. The summed E-state index contributed by atoms with van der Waals surface area (Å²) in [6.45, 7) is 2.82. The van der Waals surface area contributed by atoms with E-state index in [-0.39, 0.29) is 0 Å². The Bertz CT molecular complexity index is 389. The highest BCUT2D eigenvalue weighted by atomic mass is 19.1. The van der Waals surface area contributed by atoms with Crippen LogP contribution in [0.5, 0.6) is 0 Å². The highest BCUT2D eigenvalue weighted by Gasteiger charge is 2.31. The van der Waals surface area contributed by atoms with Crippen LogP contribution in [-0.4, -0.2) is 25.0 Å². The van der Waals surface area contributed by atoms with Crippen molar-refractivity contribution < 1.29 is 9.18 Å². The number of aldehydes is 1. The molecular formula is C13H16FNO. The van der Waals surface area contributed by atoms with Crippen molar-refractivity contribution in [1.29, 1.82) is 0 Å². The van der Waals surface area contributed by atoms with E-state index in [1.54, 1.807) is 13.0 Å². The molecule has 2 nitrogen and oxygen atoms in total. The minimum Gasteiger partial charge on any atom is -0.368 e. The van der Waals surface area contributed by atoms with Crippen LogP contribution in [0.1, 0.15) is 30.1 Å². The van der Waals surface area contributed by atoms with Gasteiger partial charge in [0.25, 0.3) is 0 Å². The fraction of sp³-hybridized carbons (Fsp3) is 0.462. The lowest BCUT2D eigenvalue weighted by Crippen LogP contribution is -2.43. The molecule has 1 aliphatic heterocycles. The molecule has 0 bridgehead atoms. The Kier molecular flexibility index (Phi) is 2.95. The number of carbonyl (C=O) groups is 1. The summed E-state index contributed by atoms with van der Waals surface area (Å²) < 4.78 is 13.9. The van der Waals surface area contributed by atoms with E-state index in [2.05, 4.69) is 0 Å². The molecule has 1 aliphatic rings. The van der Waals surface area contributed by atoms with Gasteiger partial charge in [0.1, 0.15) is 5.67 Å². The number of anilines is 1. The van der Waals surface area contributed by atoms with Crippen LogP contribution in [0.3, 0.4) is 0 Å². The summed E-state index contributed by atoms with van der Waals surface area (Å²) in [4.78, 5) is 12.9. The van der Waals surface area contributed by atoms with E-state index in [1.165, 1.54) is 0 Å². The van der Waals surface area contributed by atoms with Gasteiger partial charge < -0.3 is 4.90 Å². The van der Waals surface area contributed by atoms with Gasteiger partial charge in [0, 0.05) is 17.8 Å². The first-order valence-electron chi connectivity index (χ1n) is 5.60. The van der Waals surface area contributed by atoms with E-state index in [1.807, 2.05) is 23.1 Å². The molecule has 1 atom stereocenters. The number of benzene rings is 1. The Hall–Kier alpha value is -1.38. The summed E-state index contributed by atoms with van der Waals surface area (Å²) in [6, 6.07) is 7.36. The van der Waals surface area contributed by atoms with Crippen LogP contribution in [0.25, 0.3) is 0 Å². The number of alkyl halides is 1. The molecular weight excluding hydrogens is 205 g/mol. The fourth-order valence-corrected chi connectivity index (χ4v) is 2.28. The lowest BCUT2D eigenvalue weighted by Gasteiger charge is -2.37. The Morgan fingerprint density at radius 2 is 2.19 bits per heavy atom. The van der Waals surface area contributed by atoms with E-state index in [0.29, 0.717) is 18.5 Å². The van der Waals surface area contributed by atoms with Gasteiger partial charge in [-0.1, -0.05) is 12.1 Å². The molecule has 16 heavy (non-hydrogen) atoms. The number of hydrogen-bond donors (Lipinski definition) is 0. The van der Waals surface area contributed by atoms with Gasteiger partial charge >= 0.3 is 0 Å². The van der Waals surface area contributed by atoms with Crippen LogP contribution in [0, 0.1) is 0 Å². The van der Waals surface area contributed by atoms with E-state index in [4.69, 9.17) is 0 Å². The van der Waals surface area contributed by atoms with Crippen LogP contribution in [0.2, 0.25) is 0 Å². The topological polar surface area (TPSA) is 20.3 Å². The summed E-state index contributed by atoms with van der Waals surface area (Å²) in [7, 11) is 0. The van der Waals surface area contributed by atoms with Gasteiger partial charge in [-0.05, 0) is 31.9 Å². The molecule has 1 saturated heterocycles. The van der Waals surface area contributed by atoms with Crippen molar-refractivity contribution in [2.75, 3.05) is 18.0 Å². The van der Waals surface area contributed by atoms with E-state index >= 15 is 0 Å². The van der Waals surface area contributed by atoms with Gasteiger partial charge in [0.15, 0.2) is 6.29 Å². The predicted molar refractivity (Wildman–Crippen MR) is 62.8 cm³/mol. The first kappa shape index (κ1) is 11.1. The van der Waals surface area contributed by atoms with Gasteiger partial charge in [-0.3, -0.25) is 4.79 Å². The number of rotatable bonds is 2. The number of hydrogen-bond acceptors (Lipinski definition) is 2. The third-order valence-corrected chi connectivity index (χ3v) is 3.05. The SMILES string of the molecule is CC1(F)CCCN(c2ccccc2C=O)C1. The molecule has 1 aromatic rings. The highest BCUT2D eigenvalue weighted by molar-refractivity contribution is 5.84. The van der Waals surface area contributed by atoms with Gasteiger partial charge in [-0.15, -0.1) is 0 Å². The summed E-state index contributed by atoms with van der Waals surface area (Å²) in [5.41, 5.74) is 0.343. The van der Waals surface area contributed by atoms with Crippen molar-refractivity contribution in [2.45, 2.75) is 25.4 Å². The molecule has 2 rings (SSSR count). The average molecular weight is 221 g/mol. The lowest BCUT2D eigenvalue weighted by atomic mass is 9.96. The minimum atomic E-state index is -1.14. The molecule has 1 unspecified atom stereocenters. The predicted octanol–water partition coefficient (Wildman–Crippen LogP) is 2.83. The molecule has 0 saturated carbocycles. The second kappa shape index (κ2) is 4.24.